The molecule has 0 fully saturated rings. The number of carbonyl (C=O) groups is 2. The van der Waals surface area contributed by atoms with Crippen LogP contribution in [-0.4, -0.2) is 23.9 Å². The van der Waals surface area contributed by atoms with Crippen LogP contribution in [0.1, 0.15) is 26.3 Å². The summed E-state index contributed by atoms with van der Waals surface area (Å²) in [6.45, 7) is 1.86. The Morgan fingerprint density at radius 3 is 2.25 bits per heavy atom. The molecular formula is C21H18ClN3O3. The Kier molecular flexibility index (Phi) is 5.91. The fourth-order valence-electron chi connectivity index (χ4n) is 2.55. The molecule has 0 saturated carbocycles. The van der Waals surface area contributed by atoms with Gasteiger partial charge in [0, 0.05) is 23.1 Å². The number of benzene rings is 2. The van der Waals surface area contributed by atoms with Gasteiger partial charge in [0.05, 0.1) is 23.9 Å². The van der Waals surface area contributed by atoms with Crippen molar-refractivity contribution in [1.82, 2.24) is 4.98 Å². The van der Waals surface area contributed by atoms with Gasteiger partial charge in [0.2, 0.25) is 0 Å². The van der Waals surface area contributed by atoms with E-state index in [2.05, 4.69) is 15.6 Å². The zero-order chi connectivity index (χ0) is 20.1. The average molecular weight is 396 g/mol. The number of nitrogens with one attached hydrogen (secondary N) is 2. The summed E-state index contributed by atoms with van der Waals surface area (Å²) in [6.07, 6.45) is 2.79. The first-order chi connectivity index (χ1) is 13.5. The van der Waals surface area contributed by atoms with Crippen molar-refractivity contribution in [3.63, 3.8) is 0 Å². The first kappa shape index (κ1) is 19.4. The zero-order valence-electron chi connectivity index (χ0n) is 15.3. The third kappa shape index (κ3) is 4.47. The van der Waals surface area contributed by atoms with E-state index in [1.807, 2.05) is 13.0 Å². The smallest absolute Gasteiger partial charge is 0.257 e. The maximum Gasteiger partial charge on any atom is 0.257 e. The van der Waals surface area contributed by atoms with Crippen molar-refractivity contribution in [2.24, 2.45) is 0 Å². The molecule has 0 radical (unpaired) electrons. The van der Waals surface area contributed by atoms with Crippen molar-refractivity contribution in [2.75, 3.05) is 17.7 Å². The lowest BCUT2D eigenvalue weighted by molar-refractivity contribution is 0.102. The third-order valence-corrected chi connectivity index (χ3v) is 4.30. The van der Waals surface area contributed by atoms with Crippen molar-refractivity contribution in [3.8, 4) is 5.75 Å². The fourth-order valence-corrected chi connectivity index (χ4v) is 2.73. The quantitative estimate of drug-likeness (QED) is 0.663. The molecule has 0 aliphatic heterocycles. The number of nitrogens with zero attached hydrogens (tertiary/aromatic N) is 1. The van der Waals surface area contributed by atoms with Crippen LogP contribution in [-0.2, 0) is 0 Å². The first-order valence-corrected chi connectivity index (χ1v) is 8.82. The summed E-state index contributed by atoms with van der Waals surface area (Å²) >= 11 is 5.99. The highest BCUT2D eigenvalue weighted by Gasteiger charge is 2.14. The maximum absolute atomic E-state index is 12.6. The molecule has 6 nitrogen and oxygen atoms in total. The van der Waals surface area contributed by atoms with Crippen LogP contribution >= 0.6 is 11.6 Å². The molecule has 1 aromatic heterocycles. The summed E-state index contributed by atoms with van der Waals surface area (Å²) in [6, 6.07) is 13.8. The maximum atomic E-state index is 12.6. The number of hydrogen-bond acceptors (Lipinski definition) is 4. The monoisotopic (exact) mass is 395 g/mol. The molecule has 0 bridgehead atoms. The van der Waals surface area contributed by atoms with E-state index in [4.69, 9.17) is 16.3 Å². The minimum absolute atomic E-state index is 0.251. The molecule has 0 aliphatic rings. The Bertz CT molecular complexity index is 1040. The first-order valence-electron chi connectivity index (χ1n) is 8.45. The summed E-state index contributed by atoms with van der Waals surface area (Å²) in [5.74, 6) is -0.246. The molecule has 2 aromatic carbocycles. The molecule has 0 saturated heterocycles. The molecule has 7 heteroatoms. The lowest BCUT2D eigenvalue weighted by Crippen LogP contribution is -2.17. The summed E-state index contributed by atoms with van der Waals surface area (Å²) in [7, 11) is 1.52. The molecule has 3 rings (SSSR count). The standard InChI is InChI=1S/C21H18ClN3O3/c1-13-7-8-16(22)10-18(13)25-21(27)15-9-14(11-23-12-15)20(26)24-17-5-3-4-6-19(17)28-2/h3-12H,1-2H3,(H,24,26)(H,25,27). The molecule has 3 aromatic rings. The van der Waals surface area contributed by atoms with Crippen LogP contribution in [0.5, 0.6) is 5.75 Å². The second kappa shape index (κ2) is 8.54. The van der Waals surface area contributed by atoms with Gasteiger partial charge in [0.1, 0.15) is 5.75 Å². The third-order valence-electron chi connectivity index (χ3n) is 4.07. The molecular weight excluding hydrogens is 378 g/mol. The van der Waals surface area contributed by atoms with Gasteiger partial charge in [-0.1, -0.05) is 29.8 Å². The van der Waals surface area contributed by atoms with Gasteiger partial charge in [0.15, 0.2) is 0 Å². The van der Waals surface area contributed by atoms with Gasteiger partial charge >= 0.3 is 0 Å². The van der Waals surface area contributed by atoms with Crippen molar-refractivity contribution in [2.45, 2.75) is 6.92 Å². The second-order valence-electron chi connectivity index (χ2n) is 6.03. The summed E-state index contributed by atoms with van der Waals surface area (Å²) in [5, 5.41) is 6.06. The van der Waals surface area contributed by atoms with Gasteiger partial charge in [0.25, 0.3) is 11.8 Å². The highest BCUT2D eigenvalue weighted by molar-refractivity contribution is 6.31. The number of para-hydroxylation sites is 2. The summed E-state index contributed by atoms with van der Waals surface area (Å²) in [4.78, 5) is 29.1. The van der Waals surface area contributed by atoms with Crippen molar-refractivity contribution in [3.05, 3.63) is 82.6 Å². The number of halogens is 1. The lowest BCUT2D eigenvalue weighted by atomic mass is 10.1. The Hall–Kier alpha value is -3.38. The van der Waals surface area contributed by atoms with Crippen molar-refractivity contribution in [1.29, 1.82) is 0 Å². The van der Waals surface area contributed by atoms with Gasteiger partial charge in [-0.05, 0) is 42.8 Å². The minimum Gasteiger partial charge on any atom is -0.495 e. The van der Waals surface area contributed by atoms with Gasteiger partial charge in [-0.3, -0.25) is 14.6 Å². The van der Waals surface area contributed by atoms with E-state index in [1.165, 1.54) is 25.6 Å². The van der Waals surface area contributed by atoms with E-state index in [0.29, 0.717) is 22.1 Å². The number of hydrogen-bond donors (Lipinski definition) is 2. The number of anilines is 2. The number of aromatic nitrogens is 1. The number of aryl methyl sites for hydroxylation is 1. The van der Waals surface area contributed by atoms with Crippen LogP contribution in [0.4, 0.5) is 11.4 Å². The van der Waals surface area contributed by atoms with Crippen molar-refractivity contribution >= 4 is 34.8 Å². The van der Waals surface area contributed by atoms with E-state index in [0.717, 1.165) is 5.56 Å². The van der Waals surface area contributed by atoms with E-state index < -0.39 is 5.91 Å². The SMILES string of the molecule is COc1ccccc1NC(=O)c1cncc(C(=O)Nc2cc(Cl)ccc2C)c1. The van der Waals surface area contributed by atoms with Crippen LogP contribution in [0.3, 0.4) is 0 Å². The Morgan fingerprint density at radius 1 is 0.929 bits per heavy atom. The summed E-state index contributed by atoms with van der Waals surface area (Å²) in [5.41, 5.74) is 2.50. The topological polar surface area (TPSA) is 80.3 Å². The lowest BCUT2D eigenvalue weighted by Gasteiger charge is -2.11. The highest BCUT2D eigenvalue weighted by Crippen LogP contribution is 2.24. The zero-order valence-corrected chi connectivity index (χ0v) is 16.1. The van der Waals surface area contributed by atoms with Gasteiger partial charge < -0.3 is 15.4 Å². The molecule has 2 amide bonds. The van der Waals surface area contributed by atoms with E-state index >= 15 is 0 Å². The highest BCUT2D eigenvalue weighted by atomic mass is 35.5. The van der Waals surface area contributed by atoms with E-state index in [9.17, 15) is 9.59 Å². The van der Waals surface area contributed by atoms with E-state index in [1.54, 1.807) is 36.4 Å². The normalized spacial score (nSPS) is 10.2. The summed E-state index contributed by atoms with van der Waals surface area (Å²) < 4.78 is 5.23. The number of ether oxygens (including phenoxy) is 1. The number of amides is 2. The number of methoxy groups -OCH3 is 1. The molecule has 2 N–H and O–H groups in total. The molecule has 28 heavy (non-hydrogen) atoms. The average Bonchev–Trinajstić information content (AvgIpc) is 2.71. The van der Waals surface area contributed by atoms with Crippen LogP contribution < -0.4 is 15.4 Å². The number of rotatable bonds is 5. The fraction of sp³-hybridized carbons (Fsp3) is 0.0952. The molecule has 0 unspecified atom stereocenters. The van der Waals surface area contributed by atoms with Crippen LogP contribution in [0, 0.1) is 6.92 Å². The van der Waals surface area contributed by atoms with Crippen molar-refractivity contribution < 1.29 is 14.3 Å². The molecule has 0 aliphatic carbocycles. The van der Waals surface area contributed by atoms with E-state index in [-0.39, 0.29) is 17.0 Å². The Morgan fingerprint density at radius 2 is 1.57 bits per heavy atom. The number of pyridine rings is 1. The van der Waals surface area contributed by atoms with Crippen LogP contribution in [0.2, 0.25) is 5.02 Å². The largest absolute Gasteiger partial charge is 0.495 e. The molecule has 0 atom stereocenters. The molecule has 1 heterocycles. The predicted octanol–water partition coefficient (Wildman–Crippen LogP) is 4.56. The van der Waals surface area contributed by atoms with Gasteiger partial charge in [-0.2, -0.15) is 0 Å². The van der Waals surface area contributed by atoms with Gasteiger partial charge in [-0.15, -0.1) is 0 Å². The predicted molar refractivity (Wildman–Crippen MR) is 109 cm³/mol. The molecule has 0 spiro atoms. The van der Waals surface area contributed by atoms with Crippen LogP contribution in [0.15, 0.2) is 60.9 Å². The van der Waals surface area contributed by atoms with Crippen LogP contribution in [0.25, 0.3) is 0 Å². The Balaban J connectivity index is 1.78. The van der Waals surface area contributed by atoms with Gasteiger partial charge in [-0.25, -0.2) is 0 Å². The second-order valence-corrected chi connectivity index (χ2v) is 6.47. The number of carbonyl (C=O) groups excluding carboxylic acids is 2. The molecule has 142 valence electrons. The minimum atomic E-state index is -0.398. The Labute approximate surface area is 167 Å².